The first-order valence-electron chi connectivity index (χ1n) is 22.0. The molecule has 0 radical (unpaired) electrons. The van der Waals surface area contributed by atoms with Gasteiger partial charge in [-0.3, -0.25) is 0 Å². The molecule has 0 saturated heterocycles. The van der Waals surface area contributed by atoms with Crippen molar-refractivity contribution in [3.8, 4) is 44.5 Å². The van der Waals surface area contributed by atoms with E-state index in [4.69, 9.17) is 8.83 Å². The van der Waals surface area contributed by atoms with Crippen molar-refractivity contribution in [2.45, 2.75) is 5.41 Å². The normalized spacial score (nSPS) is 14.6. The SMILES string of the molecule is c1ccc(-c2ccccc2N(c2ccc3c(c2)C2(c4ccccc4-c4ccccc4-3)c3ccccc3-c3cc4oc5ccccc5c4cc32)c2cccc3oc4ccccc4c23)cc1. The van der Waals surface area contributed by atoms with Crippen molar-refractivity contribution >= 4 is 60.9 Å². The molecule has 3 nitrogen and oxygen atoms in total. The highest BCUT2D eigenvalue weighted by atomic mass is 16.3. The molecule has 2 aliphatic carbocycles. The second-order valence-corrected chi connectivity index (χ2v) is 17.1. The summed E-state index contributed by atoms with van der Waals surface area (Å²) in [6.07, 6.45) is 0. The van der Waals surface area contributed by atoms with Gasteiger partial charge in [-0.25, -0.2) is 0 Å². The number of rotatable bonds is 4. The third-order valence-corrected chi connectivity index (χ3v) is 13.9. The van der Waals surface area contributed by atoms with Gasteiger partial charge in [-0.2, -0.15) is 0 Å². The molecule has 0 amide bonds. The number of hydrogen-bond acceptors (Lipinski definition) is 3. The first-order valence-corrected chi connectivity index (χ1v) is 22.0. The van der Waals surface area contributed by atoms with Crippen LogP contribution in [0.25, 0.3) is 88.4 Å². The molecule has 1 atom stereocenters. The number of nitrogens with zero attached hydrogens (tertiary/aromatic N) is 1. The van der Waals surface area contributed by atoms with Gasteiger partial charge in [0.25, 0.3) is 0 Å². The van der Waals surface area contributed by atoms with E-state index in [-0.39, 0.29) is 0 Å². The van der Waals surface area contributed by atoms with Gasteiger partial charge in [0.15, 0.2) is 0 Å². The molecule has 0 bridgehead atoms. The quantitative estimate of drug-likeness (QED) is 0.177. The van der Waals surface area contributed by atoms with Crippen LogP contribution in [0.2, 0.25) is 0 Å². The van der Waals surface area contributed by atoms with Gasteiger partial charge in [-0.05, 0) is 116 Å². The zero-order valence-electron chi connectivity index (χ0n) is 34.6. The maximum atomic E-state index is 6.62. The lowest BCUT2D eigenvalue weighted by Crippen LogP contribution is -2.29. The van der Waals surface area contributed by atoms with Crippen LogP contribution in [0.4, 0.5) is 17.1 Å². The van der Waals surface area contributed by atoms with E-state index in [2.05, 4.69) is 223 Å². The summed E-state index contributed by atoms with van der Waals surface area (Å²) in [5, 5.41) is 4.40. The molecule has 2 aromatic heterocycles. The fourth-order valence-corrected chi connectivity index (χ4v) is 11.3. The van der Waals surface area contributed by atoms with Crippen molar-refractivity contribution in [1.29, 1.82) is 0 Å². The summed E-state index contributed by atoms with van der Waals surface area (Å²) >= 11 is 0. The molecular formula is C61H37NO2. The highest BCUT2D eigenvalue weighted by Gasteiger charge is 2.50. The average Bonchev–Trinajstić information content (AvgIpc) is 4.00. The minimum Gasteiger partial charge on any atom is -0.456 e. The van der Waals surface area contributed by atoms with Crippen LogP contribution in [-0.4, -0.2) is 0 Å². The third kappa shape index (κ3) is 4.76. The Balaban J connectivity index is 1.15. The monoisotopic (exact) mass is 815 g/mol. The molecule has 12 aromatic rings. The van der Waals surface area contributed by atoms with Crippen molar-refractivity contribution in [2.24, 2.45) is 0 Å². The molecule has 3 heteroatoms. The second kappa shape index (κ2) is 13.3. The van der Waals surface area contributed by atoms with Crippen LogP contribution < -0.4 is 4.90 Å². The van der Waals surface area contributed by atoms with Crippen molar-refractivity contribution in [1.82, 2.24) is 0 Å². The van der Waals surface area contributed by atoms with E-state index in [0.29, 0.717) is 0 Å². The lowest BCUT2D eigenvalue weighted by molar-refractivity contribution is 0.668. The van der Waals surface area contributed by atoms with Gasteiger partial charge < -0.3 is 13.7 Å². The average molecular weight is 816 g/mol. The molecule has 64 heavy (non-hydrogen) atoms. The zero-order valence-corrected chi connectivity index (χ0v) is 34.6. The standard InChI is InChI=1S/C61H37NO2/c1-2-17-38(18-3-1)40-19-8-13-28-54(40)62(55-29-16-32-58-60(55)47-25-10-15-31-57(47)63-58)39-33-34-45-42-21-5-4-20-41(42)43-22-6-11-26-50(43)61(52(45)35-39)51-27-12-7-23-44(51)48-37-59-49(36-53(48)61)46-24-9-14-30-56(46)64-59/h1-37H. The molecule has 1 unspecified atom stereocenters. The van der Waals surface area contributed by atoms with E-state index >= 15 is 0 Å². The molecule has 298 valence electrons. The van der Waals surface area contributed by atoms with Gasteiger partial charge in [0.1, 0.15) is 22.3 Å². The highest BCUT2D eigenvalue weighted by Crippen LogP contribution is 2.63. The lowest BCUT2D eigenvalue weighted by Gasteiger charge is -2.37. The molecular weight excluding hydrogens is 779 g/mol. The Labute approximate surface area is 369 Å². The van der Waals surface area contributed by atoms with Crippen LogP contribution in [0, 0.1) is 0 Å². The van der Waals surface area contributed by atoms with Gasteiger partial charge >= 0.3 is 0 Å². The summed E-state index contributed by atoms with van der Waals surface area (Å²) in [6.45, 7) is 0. The molecule has 1 spiro atoms. The Morgan fingerprint density at radius 3 is 1.59 bits per heavy atom. The Morgan fingerprint density at radius 2 is 0.828 bits per heavy atom. The van der Waals surface area contributed by atoms with Gasteiger partial charge in [0, 0.05) is 27.4 Å². The van der Waals surface area contributed by atoms with Crippen LogP contribution in [0.5, 0.6) is 0 Å². The first-order chi connectivity index (χ1) is 31.8. The fourth-order valence-electron chi connectivity index (χ4n) is 11.3. The number of anilines is 3. The Morgan fingerprint density at radius 1 is 0.297 bits per heavy atom. The van der Waals surface area contributed by atoms with Gasteiger partial charge in [0.2, 0.25) is 0 Å². The summed E-state index contributed by atoms with van der Waals surface area (Å²) in [6, 6.07) is 81.9. The maximum Gasteiger partial charge on any atom is 0.137 e. The van der Waals surface area contributed by atoms with Crippen LogP contribution >= 0.6 is 0 Å². The molecule has 2 heterocycles. The first kappa shape index (κ1) is 35.2. The summed E-state index contributed by atoms with van der Waals surface area (Å²) in [5.74, 6) is 0. The number of fused-ring (bicyclic) bond motifs is 18. The number of para-hydroxylation sites is 3. The third-order valence-electron chi connectivity index (χ3n) is 13.9. The van der Waals surface area contributed by atoms with Gasteiger partial charge in [0.05, 0.1) is 22.2 Å². The second-order valence-electron chi connectivity index (χ2n) is 17.1. The predicted octanol–water partition coefficient (Wildman–Crippen LogP) is 16.6. The van der Waals surface area contributed by atoms with Crippen molar-refractivity contribution < 1.29 is 8.83 Å². The van der Waals surface area contributed by atoms with Crippen molar-refractivity contribution in [3.05, 3.63) is 247 Å². The minimum atomic E-state index is -0.710. The minimum absolute atomic E-state index is 0.710. The van der Waals surface area contributed by atoms with Crippen LogP contribution in [0.15, 0.2) is 233 Å². The van der Waals surface area contributed by atoms with Gasteiger partial charge in [-0.1, -0.05) is 170 Å². The summed E-state index contributed by atoms with van der Waals surface area (Å²) in [5.41, 5.74) is 20.6. The van der Waals surface area contributed by atoms with Crippen LogP contribution in [0.3, 0.4) is 0 Å². The predicted molar refractivity (Wildman–Crippen MR) is 263 cm³/mol. The van der Waals surface area contributed by atoms with E-state index in [1.807, 2.05) is 6.07 Å². The molecule has 2 aliphatic rings. The van der Waals surface area contributed by atoms with E-state index in [0.717, 1.165) is 72.1 Å². The number of hydrogen-bond donors (Lipinski definition) is 0. The van der Waals surface area contributed by atoms with Crippen molar-refractivity contribution in [3.63, 3.8) is 0 Å². The summed E-state index contributed by atoms with van der Waals surface area (Å²) < 4.78 is 13.2. The van der Waals surface area contributed by atoms with Crippen LogP contribution in [-0.2, 0) is 5.41 Å². The van der Waals surface area contributed by atoms with E-state index in [1.54, 1.807) is 0 Å². The fraction of sp³-hybridized carbons (Fsp3) is 0.0164. The Kier molecular flexibility index (Phi) is 7.32. The molecule has 0 N–H and O–H groups in total. The largest absolute Gasteiger partial charge is 0.456 e. The summed E-state index contributed by atoms with van der Waals surface area (Å²) in [7, 11) is 0. The van der Waals surface area contributed by atoms with E-state index in [9.17, 15) is 0 Å². The lowest BCUT2D eigenvalue weighted by atomic mass is 9.65. The molecule has 0 fully saturated rings. The molecule has 0 saturated carbocycles. The van der Waals surface area contributed by atoms with Crippen LogP contribution in [0.1, 0.15) is 22.3 Å². The molecule has 14 rings (SSSR count). The molecule has 10 aromatic carbocycles. The Bertz CT molecular complexity index is 3870. The maximum absolute atomic E-state index is 6.62. The zero-order chi connectivity index (χ0) is 41.9. The molecule has 0 aliphatic heterocycles. The highest BCUT2D eigenvalue weighted by molar-refractivity contribution is 6.14. The van der Waals surface area contributed by atoms with E-state index < -0.39 is 5.41 Å². The van der Waals surface area contributed by atoms with Crippen molar-refractivity contribution in [2.75, 3.05) is 4.90 Å². The number of benzene rings is 10. The number of furan rings is 2. The Hall–Kier alpha value is -8.40. The summed E-state index contributed by atoms with van der Waals surface area (Å²) in [4.78, 5) is 2.47. The van der Waals surface area contributed by atoms with E-state index in [1.165, 1.54) is 55.6 Å². The topological polar surface area (TPSA) is 29.5 Å². The van der Waals surface area contributed by atoms with Gasteiger partial charge in [-0.15, -0.1) is 0 Å². The smallest absolute Gasteiger partial charge is 0.137 e.